The standard InChI is InChI=1S/C17H20ClN3O4/c18-12-5-3-11(4-6-12)14-8-15(25-21-14)17(23)20-10-16(22)19-9-13-2-1-7-24-13/h3-6,13,15H,1-2,7-10H2,(H,19,22)(H,20,23)/t13-,15+/m1/s1. The van der Waals surface area contributed by atoms with Crippen molar-refractivity contribution in [3.63, 3.8) is 0 Å². The lowest BCUT2D eigenvalue weighted by molar-refractivity contribution is -0.133. The minimum absolute atomic E-state index is 0.0770. The molecule has 8 heteroatoms. The topological polar surface area (TPSA) is 89.0 Å². The Morgan fingerprint density at radius 1 is 1.24 bits per heavy atom. The SMILES string of the molecule is O=C(CNC(=O)[C@@H]1CC(c2ccc(Cl)cc2)=NO1)NC[C@H]1CCCO1. The van der Waals surface area contributed by atoms with Crippen molar-refractivity contribution in [1.29, 1.82) is 0 Å². The number of rotatable bonds is 6. The predicted molar refractivity (Wildman–Crippen MR) is 92.5 cm³/mol. The number of carbonyl (C=O) groups excluding carboxylic acids is 2. The number of oxime groups is 1. The lowest BCUT2D eigenvalue weighted by atomic mass is 10.0. The van der Waals surface area contributed by atoms with Gasteiger partial charge in [0.1, 0.15) is 0 Å². The first kappa shape index (κ1) is 17.7. The molecule has 7 nitrogen and oxygen atoms in total. The maximum absolute atomic E-state index is 12.1. The van der Waals surface area contributed by atoms with Crippen LogP contribution in [0.1, 0.15) is 24.8 Å². The first-order valence-corrected chi connectivity index (χ1v) is 8.64. The zero-order chi connectivity index (χ0) is 17.6. The van der Waals surface area contributed by atoms with E-state index in [0.717, 1.165) is 25.0 Å². The Bertz CT molecular complexity index is 656. The highest BCUT2D eigenvalue weighted by Gasteiger charge is 2.29. The van der Waals surface area contributed by atoms with Crippen LogP contribution in [0, 0.1) is 0 Å². The fourth-order valence-electron chi connectivity index (χ4n) is 2.71. The molecule has 0 bridgehead atoms. The molecule has 134 valence electrons. The second-order valence-electron chi connectivity index (χ2n) is 6.00. The maximum Gasteiger partial charge on any atom is 0.264 e. The molecular weight excluding hydrogens is 346 g/mol. The van der Waals surface area contributed by atoms with Crippen LogP contribution in [0.15, 0.2) is 29.4 Å². The highest BCUT2D eigenvalue weighted by molar-refractivity contribution is 6.30. The molecule has 1 saturated heterocycles. The highest BCUT2D eigenvalue weighted by atomic mass is 35.5. The van der Waals surface area contributed by atoms with E-state index in [4.69, 9.17) is 21.2 Å². The molecule has 0 radical (unpaired) electrons. The predicted octanol–water partition coefficient (Wildman–Crippen LogP) is 1.24. The van der Waals surface area contributed by atoms with Crippen molar-refractivity contribution in [2.45, 2.75) is 31.5 Å². The third kappa shape index (κ3) is 4.93. The van der Waals surface area contributed by atoms with E-state index in [-0.39, 0.29) is 24.5 Å². The number of benzene rings is 1. The Morgan fingerprint density at radius 3 is 2.76 bits per heavy atom. The Kier molecular flexibility index (Phi) is 5.88. The molecule has 2 N–H and O–H groups in total. The molecular formula is C17H20ClN3O4. The largest absolute Gasteiger partial charge is 0.382 e. The van der Waals surface area contributed by atoms with Gasteiger partial charge in [-0.3, -0.25) is 9.59 Å². The zero-order valence-corrected chi connectivity index (χ0v) is 14.4. The Labute approximate surface area is 150 Å². The summed E-state index contributed by atoms with van der Waals surface area (Å²) in [6.45, 7) is 1.12. The molecule has 2 aliphatic heterocycles. The summed E-state index contributed by atoms with van der Waals surface area (Å²) in [6, 6.07) is 7.16. The average molecular weight is 366 g/mol. The maximum atomic E-state index is 12.1. The minimum Gasteiger partial charge on any atom is -0.382 e. The number of nitrogens with one attached hydrogen (secondary N) is 2. The molecule has 2 aliphatic rings. The molecule has 1 aromatic carbocycles. The molecule has 0 spiro atoms. The van der Waals surface area contributed by atoms with E-state index < -0.39 is 6.10 Å². The summed E-state index contributed by atoms with van der Waals surface area (Å²) >= 11 is 5.85. The molecule has 3 rings (SSSR count). The summed E-state index contributed by atoms with van der Waals surface area (Å²) < 4.78 is 5.43. The van der Waals surface area contributed by atoms with E-state index in [1.807, 2.05) is 12.1 Å². The number of nitrogens with zero attached hydrogens (tertiary/aromatic N) is 1. The van der Waals surface area contributed by atoms with Crippen LogP contribution >= 0.6 is 11.6 Å². The van der Waals surface area contributed by atoms with Gasteiger partial charge >= 0.3 is 0 Å². The molecule has 2 atom stereocenters. The first-order valence-electron chi connectivity index (χ1n) is 8.26. The Hall–Kier alpha value is -2.12. The lowest BCUT2D eigenvalue weighted by Crippen LogP contribution is -2.43. The molecule has 0 unspecified atom stereocenters. The number of carbonyl (C=O) groups is 2. The van der Waals surface area contributed by atoms with E-state index in [9.17, 15) is 9.59 Å². The summed E-state index contributed by atoms with van der Waals surface area (Å²) in [7, 11) is 0. The van der Waals surface area contributed by atoms with Gasteiger partial charge in [0.15, 0.2) is 0 Å². The smallest absolute Gasteiger partial charge is 0.264 e. The Morgan fingerprint density at radius 2 is 2.04 bits per heavy atom. The quantitative estimate of drug-likeness (QED) is 0.794. The number of ether oxygens (including phenoxy) is 1. The fourth-order valence-corrected chi connectivity index (χ4v) is 2.83. The molecule has 0 saturated carbocycles. The summed E-state index contributed by atoms with van der Waals surface area (Å²) in [5, 5.41) is 9.90. The molecule has 1 fully saturated rings. The van der Waals surface area contributed by atoms with Crippen molar-refractivity contribution in [2.75, 3.05) is 19.7 Å². The van der Waals surface area contributed by atoms with Gasteiger partial charge < -0.3 is 20.2 Å². The third-order valence-corrected chi connectivity index (χ3v) is 4.36. The second-order valence-corrected chi connectivity index (χ2v) is 6.44. The minimum atomic E-state index is -0.725. The van der Waals surface area contributed by atoms with Crippen LogP contribution < -0.4 is 10.6 Å². The van der Waals surface area contributed by atoms with Gasteiger partial charge in [0.25, 0.3) is 5.91 Å². The van der Waals surface area contributed by atoms with Crippen molar-refractivity contribution in [3.05, 3.63) is 34.9 Å². The van der Waals surface area contributed by atoms with Crippen LogP contribution in [-0.4, -0.2) is 49.4 Å². The van der Waals surface area contributed by atoms with Gasteiger partial charge in [-0.1, -0.05) is 28.9 Å². The molecule has 1 aromatic rings. The zero-order valence-electron chi connectivity index (χ0n) is 13.7. The second kappa shape index (κ2) is 8.31. The molecule has 2 heterocycles. The van der Waals surface area contributed by atoms with Gasteiger partial charge in [-0.2, -0.15) is 0 Å². The van der Waals surface area contributed by atoms with Gasteiger partial charge in [-0.25, -0.2) is 0 Å². The molecule has 2 amide bonds. The summed E-state index contributed by atoms with van der Waals surface area (Å²) in [5.41, 5.74) is 1.54. The van der Waals surface area contributed by atoms with Crippen molar-refractivity contribution in [3.8, 4) is 0 Å². The lowest BCUT2D eigenvalue weighted by Gasteiger charge is -2.12. The summed E-state index contributed by atoms with van der Waals surface area (Å²) in [4.78, 5) is 29.1. The van der Waals surface area contributed by atoms with Crippen LogP contribution in [0.5, 0.6) is 0 Å². The summed E-state index contributed by atoms with van der Waals surface area (Å²) in [5.74, 6) is -0.610. The van der Waals surface area contributed by atoms with Crippen LogP contribution in [0.2, 0.25) is 5.02 Å². The van der Waals surface area contributed by atoms with E-state index in [1.54, 1.807) is 12.1 Å². The van der Waals surface area contributed by atoms with E-state index in [2.05, 4.69) is 15.8 Å². The average Bonchev–Trinajstić information content (AvgIpc) is 3.30. The normalized spacial score (nSPS) is 22.2. The number of halogens is 1. The molecule has 0 aliphatic carbocycles. The van der Waals surface area contributed by atoms with Gasteiger partial charge in [0.2, 0.25) is 12.0 Å². The van der Waals surface area contributed by atoms with Crippen molar-refractivity contribution < 1.29 is 19.2 Å². The van der Waals surface area contributed by atoms with E-state index >= 15 is 0 Å². The van der Waals surface area contributed by atoms with Crippen molar-refractivity contribution in [1.82, 2.24) is 10.6 Å². The Balaban J connectivity index is 1.39. The molecule has 0 aromatic heterocycles. The van der Waals surface area contributed by atoms with Gasteiger partial charge in [-0.15, -0.1) is 0 Å². The number of hydrogen-bond donors (Lipinski definition) is 2. The van der Waals surface area contributed by atoms with Crippen molar-refractivity contribution in [2.24, 2.45) is 5.16 Å². The van der Waals surface area contributed by atoms with Crippen LogP contribution in [0.25, 0.3) is 0 Å². The van der Waals surface area contributed by atoms with Crippen LogP contribution in [0.3, 0.4) is 0 Å². The van der Waals surface area contributed by atoms with Crippen LogP contribution in [-0.2, 0) is 19.2 Å². The number of amides is 2. The van der Waals surface area contributed by atoms with E-state index in [0.29, 0.717) is 23.7 Å². The van der Waals surface area contributed by atoms with Crippen LogP contribution in [0.4, 0.5) is 0 Å². The van der Waals surface area contributed by atoms with Crippen molar-refractivity contribution >= 4 is 29.1 Å². The van der Waals surface area contributed by atoms with Gasteiger partial charge in [0.05, 0.1) is 18.4 Å². The third-order valence-electron chi connectivity index (χ3n) is 4.11. The highest BCUT2D eigenvalue weighted by Crippen LogP contribution is 2.18. The molecule has 25 heavy (non-hydrogen) atoms. The monoisotopic (exact) mass is 365 g/mol. The van der Waals surface area contributed by atoms with Gasteiger partial charge in [0, 0.05) is 24.6 Å². The number of hydrogen-bond acceptors (Lipinski definition) is 5. The van der Waals surface area contributed by atoms with E-state index in [1.165, 1.54) is 0 Å². The summed E-state index contributed by atoms with van der Waals surface area (Å²) in [6.07, 6.45) is 1.68. The fraction of sp³-hybridized carbons (Fsp3) is 0.471. The van der Waals surface area contributed by atoms with Gasteiger partial charge in [-0.05, 0) is 30.5 Å². The first-order chi connectivity index (χ1) is 12.1.